The number of nitrogens with zero attached hydrogens (tertiary/aromatic N) is 2. The van der Waals surface area contributed by atoms with Gasteiger partial charge >= 0.3 is 0 Å². The lowest BCUT2D eigenvalue weighted by Gasteiger charge is -2.36. The Bertz CT molecular complexity index is 689. The molecule has 0 spiro atoms. The van der Waals surface area contributed by atoms with Crippen molar-refractivity contribution in [3.63, 3.8) is 0 Å². The van der Waals surface area contributed by atoms with E-state index >= 15 is 0 Å². The molecule has 2 aromatic carbocycles. The Morgan fingerprint density at radius 2 is 1.75 bits per heavy atom. The Morgan fingerprint density at radius 1 is 1.04 bits per heavy atom. The monoisotopic (exact) mass is 324 g/mol. The van der Waals surface area contributed by atoms with E-state index in [1.165, 1.54) is 11.3 Å². The van der Waals surface area contributed by atoms with E-state index in [9.17, 15) is 4.79 Å². The lowest BCUT2D eigenvalue weighted by atomic mass is 10.1. The van der Waals surface area contributed by atoms with Crippen molar-refractivity contribution in [3.05, 3.63) is 65.2 Å². The van der Waals surface area contributed by atoms with Gasteiger partial charge in [0.15, 0.2) is 0 Å². The number of hydrogen-bond donors (Lipinski definition) is 0. The average molecular weight is 324 g/mol. The van der Waals surface area contributed by atoms with E-state index in [0.717, 1.165) is 37.3 Å². The van der Waals surface area contributed by atoms with Gasteiger partial charge in [-0.3, -0.25) is 4.79 Å². The minimum atomic E-state index is 0.114. The number of hydrogen-bond acceptors (Lipinski definition) is 3. The minimum absolute atomic E-state index is 0.114. The molecule has 0 bridgehead atoms. The van der Waals surface area contributed by atoms with Crippen LogP contribution < -0.4 is 4.90 Å². The van der Waals surface area contributed by atoms with Crippen LogP contribution in [0.2, 0.25) is 0 Å². The largest absolute Gasteiger partial charge is 0.380 e. The molecule has 1 amide bonds. The van der Waals surface area contributed by atoms with E-state index in [0.29, 0.717) is 6.61 Å². The Labute approximate surface area is 143 Å². The van der Waals surface area contributed by atoms with Crippen LogP contribution in [0.4, 0.5) is 5.69 Å². The zero-order valence-electron chi connectivity index (χ0n) is 14.4. The summed E-state index contributed by atoms with van der Waals surface area (Å²) in [6.45, 7) is 5.94. The predicted molar refractivity (Wildman–Crippen MR) is 96.5 cm³/mol. The third-order valence-corrected chi connectivity index (χ3v) is 4.45. The number of rotatable bonds is 4. The van der Waals surface area contributed by atoms with E-state index in [-0.39, 0.29) is 5.91 Å². The molecule has 1 aliphatic heterocycles. The highest BCUT2D eigenvalue weighted by Gasteiger charge is 2.22. The zero-order valence-corrected chi connectivity index (χ0v) is 14.4. The van der Waals surface area contributed by atoms with Crippen molar-refractivity contribution in [1.29, 1.82) is 0 Å². The molecule has 0 saturated carbocycles. The first kappa shape index (κ1) is 16.5. The molecule has 2 aromatic rings. The molecular weight excluding hydrogens is 300 g/mol. The summed E-state index contributed by atoms with van der Waals surface area (Å²) in [4.78, 5) is 16.9. The highest BCUT2D eigenvalue weighted by atomic mass is 16.5. The van der Waals surface area contributed by atoms with Crippen LogP contribution in [-0.4, -0.2) is 44.1 Å². The van der Waals surface area contributed by atoms with Crippen molar-refractivity contribution in [2.45, 2.75) is 13.5 Å². The zero-order chi connectivity index (χ0) is 16.9. The molecule has 0 N–H and O–H groups in total. The van der Waals surface area contributed by atoms with E-state index in [1.54, 1.807) is 7.11 Å². The summed E-state index contributed by atoms with van der Waals surface area (Å²) in [5.74, 6) is 0.114. The van der Waals surface area contributed by atoms with Crippen LogP contribution in [0.5, 0.6) is 0 Å². The van der Waals surface area contributed by atoms with Gasteiger partial charge in [-0.1, -0.05) is 24.3 Å². The second-order valence-electron chi connectivity index (χ2n) is 6.25. The van der Waals surface area contributed by atoms with Crippen LogP contribution in [-0.2, 0) is 11.3 Å². The smallest absolute Gasteiger partial charge is 0.253 e. The first-order chi connectivity index (χ1) is 11.7. The number of ether oxygens (including phenoxy) is 1. The topological polar surface area (TPSA) is 32.8 Å². The Morgan fingerprint density at radius 3 is 2.38 bits per heavy atom. The Hall–Kier alpha value is -2.33. The molecule has 4 heteroatoms. The van der Waals surface area contributed by atoms with Crippen LogP contribution in [0.25, 0.3) is 0 Å². The van der Waals surface area contributed by atoms with Gasteiger partial charge in [0.1, 0.15) is 0 Å². The van der Waals surface area contributed by atoms with Gasteiger partial charge in [0.2, 0.25) is 0 Å². The van der Waals surface area contributed by atoms with Crippen LogP contribution in [0.15, 0.2) is 48.5 Å². The summed E-state index contributed by atoms with van der Waals surface area (Å²) in [5.41, 5.74) is 4.34. The Kier molecular flexibility index (Phi) is 5.16. The number of methoxy groups -OCH3 is 1. The molecule has 24 heavy (non-hydrogen) atoms. The van der Waals surface area contributed by atoms with Crippen LogP contribution >= 0.6 is 0 Å². The van der Waals surface area contributed by atoms with Crippen molar-refractivity contribution in [1.82, 2.24) is 4.90 Å². The molecule has 126 valence electrons. The number of amides is 1. The van der Waals surface area contributed by atoms with E-state index < -0.39 is 0 Å². The van der Waals surface area contributed by atoms with Gasteiger partial charge in [-0.25, -0.2) is 0 Å². The van der Waals surface area contributed by atoms with Gasteiger partial charge in [0.25, 0.3) is 5.91 Å². The maximum Gasteiger partial charge on any atom is 0.253 e. The molecule has 0 atom stereocenters. The van der Waals surface area contributed by atoms with Crippen molar-refractivity contribution >= 4 is 11.6 Å². The normalized spacial score (nSPS) is 14.8. The van der Waals surface area contributed by atoms with Crippen LogP contribution in [0.1, 0.15) is 21.5 Å². The van der Waals surface area contributed by atoms with Gasteiger partial charge in [-0.2, -0.15) is 0 Å². The molecule has 0 radical (unpaired) electrons. The summed E-state index contributed by atoms with van der Waals surface area (Å²) in [6, 6.07) is 16.2. The average Bonchev–Trinajstić information content (AvgIpc) is 2.62. The van der Waals surface area contributed by atoms with Crippen LogP contribution in [0.3, 0.4) is 0 Å². The molecule has 4 nitrogen and oxygen atoms in total. The fourth-order valence-corrected chi connectivity index (χ4v) is 3.09. The Balaban J connectivity index is 1.60. The summed E-state index contributed by atoms with van der Waals surface area (Å²) in [6.07, 6.45) is 0. The fourth-order valence-electron chi connectivity index (χ4n) is 3.09. The summed E-state index contributed by atoms with van der Waals surface area (Å²) >= 11 is 0. The first-order valence-electron chi connectivity index (χ1n) is 8.36. The second-order valence-corrected chi connectivity index (χ2v) is 6.25. The minimum Gasteiger partial charge on any atom is -0.380 e. The second kappa shape index (κ2) is 7.49. The predicted octanol–water partition coefficient (Wildman–Crippen LogP) is 3.10. The van der Waals surface area contributed by atoms with Gasteiger partial charge in [-0.05, 0) is 42.3 Å². The maximum atomic E-state index is 12.6. The van der Waals surface area contributed by atoms with Gasteiger partial charge in [0.05, 0.1) is 6.61 Å². The SMILES string of the molecule is COCc1ccc(C(=O)N2CCN(c3cccc(C)c3)CC2)cc1. The molecule has 1 fully saturated rings. The molecule has 1 saturated heterocycles. The van der Waals surface area contributed by atoms with Crippen LogP contribution in [0, 0.1) is 6.92 Å². The fraction of sp³-hybridized carbons (Fsp3) is 0.350. The van der Waals surface area contributed by atoms with Gasteiger partial charge in [-0.15, -0.1) is 0 Å². The van der Waals surface area contributed by atoms with E-state index in [2.05, 4.69) is 36.1 Å². The number of anilines is 1. The summed E-state index contributed by atoms with van der Waals surface area (Å²) < 4.78 is 5.11. The highest BCUT2D eigenvalue weighted by Crippen LogP contribution is 2.19. The standard InChI is InChI=1S/C20H24N2O2/c1-16-4-3-5-19(14-16)21-10-12-22(13-11-21)20(23)18-8-6-17(7-9-18)15-24-2/h3-9,14H,10-13,15H2,1-2H3. The summed E-state index contributed by atoms with van der Waals surface area (Å²) in [5, 5.41) is 0. The van der Waals surface area contributed by atoms with Crippen molar-refractivity contribution < 1.29 is 9.53 Å². The quantitative estimate of drug-likeness (QED) is 0.866. The molecule has 0 aliphatic carbocycles. The molecule has 1 heterocycles. The highest BCUT2D eigenvalue weighted by molar-refractivity contribution is 5.94. The maximum absolute atomic E-state index is 12.6. The van der Waals surface area contributed by atoms with E-state index in [1.807, 2.05) is 29.2 Å². The van der Waals surface area contributed by atoms with Crippen molar-refractivity contribution in [2.75, 3.05) is 38.2 Å². The molecule has 0 unspecified atom stereocenters. The van der Waals surface area contributed by atoms with Crippen molar-refractivity contribution in [3.8, 4) is 0 Å². The molecule has 1 aliphatic rings. The molecule has 0 aromatic heterocycles. The number of benzene rings is 2. The van der Waals surface area contributed by atoms with Crippen molar-refractivity contribution in [2.24, 2.45) is 0 Å². The number of carbonyl (C=O) groups is 1. The molecular formula is C20H24N2O2. The number of piperazine rings is 1. The van der Waals surface area contributed by atoms with E-state index in [4.69, 9.17) is 4.74 Å². The summed E-state index contributed by atoms with van der Waals surface area (Å²) in [7, 11) is 1.67. The lowest BCUT2D eigenvalue weighted by molar-refractivity contribution is 0.0746. The van der Waals surface area contributed by atoms with Gasteiger partial charge < -0.3 is 14.5 Å². The number of aryl methyl sites for hydroxylation is 1. The molecule has 3 rings (SSSR count). The first-order valence-corrected chi connectivity index (χ1v) is 8.36. The number of carbonyl (C=O) groups excluding carboxylic acids is 1. The van der Waals surface area contributed by atoms with Gasteiger partial charge in [0, 0.05) is 44.5 Å². The third-order valence-electron chi connectivity index (χ3n) is 4.45. The third kappa shape index (κ3) is 3.77. The lowest BCUT2D eigenvalue weighted by Crippen LogP contribution is -2.48.